The Balaban J connectivity index is 1.64. The van der Waals surface area contributed by atoms with Gasteiger partial charge < -0.3 is 9.73 Å². The number of Topliss-reactive ketones (excluding diaryl/α,β-unsaturated/α-hetero) is 1. The number of allylic oxidation sites excluding steroid dienone is 2. The molecule has 7 heteroatoms. The minimum Gasteiger partial charge on any atom is -0.469 e. The molecule has 0 amide bonds. The highest BCUT2D eigenvalue weighted by molar-refractivity contribution is 7.10. The topological polar surface area (TPSA) is 73.0 Å². The Kier molecular flexibility index (Phi) is 3.18. The summed E-state index contributed by atoms with van der Waals surface area (Å²) < 4.78 is 7.36. The maximum Gasteiger partial charge on any atom is 0.226 e. The van der Waals surface area contributed by atoms with Gasteiger partial charge >= 0.3 is 0 Å². The van der Waals surface area contributed by atoms with Crippen molar-refractivity contribution in [3.63, 3.8) is 0 Å². The fourth-order valence-corrected chi connectivity index (χ4v) is 4.80. The molecule has 5 rings (SSSR count). The monoisotopic (exact) mass is 352 g/mol. The second-order valence-corrected chi connectivity index (χ2v) is 7.41. The minimum absolute atomic E-state index is 0.0632. The average molecular weight is 352 g/mol. The SMILES string of the molecule is Cc1ccsc1[C@@H]1C2=C(C[C@@H](c3ccco3)CC2=O)Nc2ncnn21. The highest BCUT2D eigenvalue weighted by Crippen LogP contribution is 2.45. The molecule has 0 spiro atoms. The molecule has 0 aromatic carbocycles. The number of nitrogens with one attached hydrogen (secondary N) is 1. The largest absolute Gasteiger partial charge is 0.469 e. The van der Waals surface area contributed by atoms with Crippen LogP contribution >= 0.6 is 11.3 Å². The summed E-state index contributed by atoms with van der Waals surface area (Å²) in [7, 11) is 0. The number of carbonyl (C=O) groups is 1. The number of aryl methyl sites for hydroxylation is 1. The molecule has 3 aromatic rings. The quantitative estimate of drug-likeness (QED) is 0.762. The van der Waals surface area contributed by atoms with E-state index in [9.17, 15) is 4.79 Å². The van der Waals surface area contributed by atoms with Gasteiger partial charge in [-0.2, -0.15) is 10.1 Å². The first-order valence-electron chi connectivity index (χ1n) is 8.22. The second-order valence-electron chi connectivity index (χ2n) is 6.46. The Bertz CT molecular complexity index is 983. The maximum atomic E-state index is 13.1. The van der Waals surface area contributed by atoms with Crippen molar-refractivity contribution < 1.29 is 9.21 Å². The molecule has 0 bridgehead atoms. The zero-order chi connectivity index (χ0) is 17.0. The summed E-state index contributed by atoms with van der Waals surface area (Å²) in [6, 6.07) is 5.69. The van der Waals surface area contributed by atoms with E-state index in [1.54, 1.807) is 17.6 Å². The lowest BCUT2D eigenvalue weighted by molar-refractivity contribution is -0.116. The predicted molar refractivity (Wildman–Crippen MR) is 93.6 cm³/mol. The molecular formula is C18H16N4O2S. The first-order chi connectivity index (χ1) is 12.2. The van der Waals surface area contributed by atoms with Crippen LogP contribution in [0.3, 0.4) is 0 Å². The van der Waals surface area contributed by atoms with Crippen molar-refractivity contribution in [1.29, 1.82) is 0 Å². The van der Waals surface area contributed by atoms with Crippen molar-refractivity contribution >= 4 is 23.1 Å². The van der Waals surface area contributed by atoms with Crippen LogP contribution < -0.4 is 5.32 Å². The Morgan fingerprint density at radius 1 is 1.36 bits per heavy atom. The van der Waals surface area contributed by atoms with Crippen LogP contribution in [0.5, 0.6) is 0 Å². The summed E-state index contributed by atoms with van der Waals surface area (Å²) in [4.78, 5) is 18.6. The molecule has 0 fully saturated rings. The van der Waals surface area contributed by atoms with Gasteiger partial charge in [0.05, 0.1) is 6.26 Å². The van der Waals surface area contributed by atoms with E-state index in [-0.39, 0.29) is 17.7 Å². The smallest absolute Gasteiger partial charge is 0.226 e. The van der Waals surface area contributed by atoms with E-state index < -0.39 is 0 Å². The number of ketones is 1. The van der Waals surface area contributed by atoms with Crippen LogP contribution in [0.15, 0.2) is 51.9 Å². The van der Waals surface area contributed by atoms with E-state index in [1.165, 1.54) is 11.9 Å². The normalized spacial score (nSPS) is 22.5. The molecule has 0 saturated heterocycles. The second kappa shape index (κ2) is 5.42. The van der Waals surface area contributed by atoms with Crippen LogP contribution in [0.1, 0.15) is 41.0 Å². The number of carbonyl (C=O) groups excluding carboxylic acids is 1. The van der Waals surface area contributed by atoms with E-state index in [0.717, 1.165) is 28.3 Å². The third kappa shape index (κ3) is 2.19. The summed E-state index contributed by atoms with van der Waals surface area (Å²) >= 11 is 1.66. The van der Waals surface area contributed by atoms with Crippen LogP contribution in [0.25, 0.3) is 0 Å². The molecule has 1 aliphatic heterocycles. The first-order valence-corrected chi connectivity index (χ1v) is 9.10. The Labute approximate surface area is 148 Å². The molecule has 4 heterocycles. The molecule has 2 aliphatic rings. The Morgan fingerprint density at radius 2 is 2.28 bits per heavy atom. The number of anilines is 1. The lowest BCUT2D eigenvalue weighted by Crippen LogP contribution is -2.33. The van der Waals surface area contributed by atoms with E-state index >= 15 is 0 Å². The molecule has 25 heavy (non-hydrogen) atoms. The molecule has 126 valence electrons. The molecule has 6 nitrogen and oxygen atoms in total. The third-order valence-corrected chi connectivity index (χ3v) is 6.03. The number of aromatic nitrogens is 3. The maximum absolute atomic E-state index is 13.1. The van der Waals surface area contributed by atoms with Crippen molar-refractivity contribution in [2.45, 2.75) is 31.7 Å². The van der Waals surface area contributed by atoms with Gasteiger partial charge in [0.2, 0.25) is 5.95 Å². The van der Waals surface area contributed by atoms with Crippen LogP contribution in [0, 0.1) is 6.92 Å². The van der Waals surface area contributed by atoms with Gasteiger partial charge in [-0.1, -0.05) is 0 Å². The Hall–Kier alpha value is -2.67. The summed E-state index contributed by atoms with van der Waals surface area (Å²) in [6.45, 7) is 2.07. The van der Waals surface area contributed by atoms with Gasteiger partial charge in [0, 0.05) is 28.5 Å². The molecule has 1 N–H and O–H groups in total. The van der Waals surface area contributed by atoms with Gasteiger partial charge in [-0.05, 0) is 42.5 Å². The van der Waals surface area contributed by atoms with Gasteiger partial charge in [-0.15, -0.1) is 11.3 Å². The highest BCUT2D eigenvalue weighted by Gasteiger charge is 2.40. The van der Waals surface area contributed by atoms with Gasteiger partial charge in [0.1, 0.15) is 18.1 Å². The van der Waals surface area contributed by atoms with Crippen LogP contribution in [-0.2, 0) is 4.79 Å². The fourth-order valence-electron chi connectivity index (χ4n) is 3.78. The molecule has 0 unspecified atom stereocenters. The van der Waals surface area contributed by atoms with E-state index in [1.807, 2.05) is 16.8 Å². The molecule has 2 atom stereocenters. The number of rotatable bonds is 2. The van der Waals surface area contributed by atoms with Gasteiger partial charge in [0.15, 0.2) is 5.78 Å². The van der Waals surface area contributed by atoms with Gasteiger partial charge in [-0.3, -0.25) is 4.79 Å². The number of nitrogens with zero attached hydrogens (tertiary/aromatic N) is 3. The van der Waals surface area contributed by atoms with Crippen LogP contribution in [0.4, 0.5) is 5.95 Å². The predicted octanol–water partition coefficient (Wildman–Crippen LogP) is 3.66. The molecule has 1 aliphatic carbocycles. The van der Waals surface area contributed by atoms with E-state index in [4.69, 9.17) is 4.42 Å². The third-order valence-electron chi connectivity index (χ3n) is 4.96. The number of hydrogen-bond acceptors (Lipinski definition) is 6. The first kappa shape index (κ1) is 14.7. The van der Waals surface area contributed by atoms with Gasteiger partial charge in [-0.25, -0.2) is 4.68 Å². The number of fused-ring (bicyclic) bond motifs is 1. The fraction of sp³-hybridized carbons (Fsp3) is 0.278. The number of thiophene rings is 1. The van der Waals surface area contributed by atoms with Crippen molar-refractivity contribution in [2.75, 3.05) is 5.32 Å². The summed E-state index contributed by atoms with van der Waals surface area (Å²) in [5.41, 5.74) is 2.92. The lowest BCUT2D eigenvalue weighted by atomic mass is 9.80. The molecular weight excluding hydrogens is 336 g/mol. The number of furan rings is 1. The van der Waals surface area contributed by atoms with Crippen molar-refractivity contribution in [3.8, 4) is 0 Å². The van der Waals surface area contributed by atoms with Crippen LogP contribution in [-0.4, -0.2) is 20.5 Å². The summed E-state index contributed by atoms with van der Waals surface area (Å²) in [6.07, 6.45) is 4.39. The number of hydrogen-bond donors (Lipinski definition) is 1. The van der Waals surface area contributed by atoms with Crippen molar-refractivity contribution in [1.82, 2.24) is 14.8 Å². The zero-order valence-electron chi connectivity index (χ0n) is 13.6. The average Bonchev–Trinajstić information content (AvgIpc) is 3.34. The minimum atomic E-state index is -0.196. The highest BCUT2D eigenvalue weighted by atomic mass is 32.1. The van der Waals surface area contributed by atoms with E-state index in [0.29, 0.717) is 12.4 Å². The van der Waals surface area contributed by atoms with E-state index in [2.05, 4.69) is 33.8 Å². The lowest BCUT2D eigenvalue weighted by Gasteiger charge is -2.34. The standard InChI is InChI=1S/C18H16N4O2S/c1-10-4-6-25-17(10)16-15-12(21-18-19-9-20-22(16)18)7-11(8-13(15)23)14-3-2-5-24-14/h2-6,9,11,16H,7-8H2,1H3,(H,19,20,21)/t11-,16+/m1/s1. The summed E-state index contributed by atoms with van der Waals surface area (Å²) in [5, 5.41) is 9.76. The summed E-state index contributed by atoms with van der Waals surface area (Å²) in [5.74, 6) is 1.75. The molecule has 0 saturated carbocycles. The zero-order valence-corrected chi connectivity index (χ0v) is 14.4. The van der Waals surface area contributed by atoms with Crippen molar-refractivity contribution in [3.05, 3.63) is 63.6 Å². The van der Waals surface area contributed by atoms with Crippen molar-refractivity contribution in [2.24, 2.45) is 0 Å². The van der Waals surface area contributed by atoms with Gasteiger partial charge in [0.25, 0.3) is 0 Å². The van der Waals surface area contributed by atoms with Crippen LogP contribution in [0.2, 0.25) is 0 Å². The molecule has 0 radical (unpaired) electrons. The molecule has 3 aromatic heterocycles. The Morgan fingerprint density at radius 3 is 3.04 bits per heavy atom.